The second-order valence-corrected chi connectivity index (χ2v) is 4.05. The van der Waals surface area contributed by atoms with Gasteiger partial charge in [0.1, 0.15) is 0 Å². The third kappa shape index (κ3) is 3.74. The fourth-order valence-electron chi connectivity index (χ4n) is 1.81. The summed E-state index contributed by atoms with van der Waals surface area (Å²) in [5.41, 5.74) is 2.41. The van der Waals surface area contributed by atoms with E-state index in [4.69, 9.17) is 0 Å². The minimum atomic E-state index is -2.60. The van der Waals surface area contributed by atoms with Crippen molar-refractivity contribution in [3.8, 4) is 0 Å². The van der Waals surface area contributed by atoms with Gasteiger partial charge in [0.15, 0.2) is 0 Å². The van der Waals surface area contributed by atoms with Gasteiger partial charge in [-0.2, -0.15) is 19.0 Å². The van der Waals surface area contributed by atoms with Gasteiger partial charge in [-0.3, -0.25) is 4.68 Å². The molecule has 2 aromatic heterocycles. The number of alkyl halides is 2. The first-order valence-electron chi connectivity index (χ1n) is 5.58. The smallest absolute Gasteiger partial charge is 0.306 e. The fraction of sp³-hybridized carbons (Fsp3) is 0.455. The standard InChI is InChI=1S/C11H15F2N5.ClH/c1-8-5-10(17(2)16-8)7-14-6-9-3-4-15-18(9)11(12)13;/h3-5,11,14H,6-7H2,1-2H3;1H. The van der Waals surface area contributed by atoms with E-state index >= 15 is 0 Å². The molecule has 5 nitrogen and oxygen atoms in total. The molecule has 2 rings (SSSR count). The maximum Gasteiger partial charge on any atom is 0.333 e. The van der Waals surface area contributed by atoms with Crippen LogP contribution >= 0.6 is 12.4 Å². The molecule has 8 heteroatoms. The summed E-state index contributed by atoms with van der Waals surface area (Å²) >= 11 is 0. The van der Waals surface area contributed by atoms with Gasteiger partial charge in [-0.15, -0.1) is 12.4 Å². The van der Waals surface area contributed by atoms with Gasteiger partial charge >= 0.3 is 6.55 Å². The van der Waals surface area contributed by atoms with Crippen molar-refractivity contribution in [2.24, 2.45) is 7.05 Å². The lowest BCUT2D eigenvalue weighted by Crippen LogP contribution is -2.18. The highest BCUT2D eigenvalue weighted by Crippen LogP contribution is 2.11. The van der Waals surface area contributed by atoms with Crippen LogP contribution in [0.25, 0.3) is 0 Å². The molecule has 2 aromatic rings. The average molecular weight is 292 g/mol. The Morgan fingerprint density at radius 1 is 1.32 bits per heavy atom. The maximum absolute atomic E-state index is 12.5. The zero-order valence-electron chi connectivity index (χ0n) is 10.7. The molecule has 106 valence electrons. The van der Waals surface area contributed by atoms with Crippen molar-refractivity contribution in [1.29, 1.82) is 0 Å². The Bertz CT molecular complexity index is 523. The molecule has 0 fully saturated rings. The zero-order chi connectivity index (χ0) is 13.1. The Morgan fingerprint density at radius 3 is 2.58 bits per heavy atom. The first kappa shape index (κ1) is 15.6. The lowest BCUT2D eigenvalue weighted by molar-refractivity contribution is 0.0531. The minimum absolute atomic E-state index is 0. The Morgan fingerprint density at radius 2 is 2.00 bits per heavy atom. The normalized spacial score (nSPS) is 10.8. The van der Waals surface area contributed by atoms with Gasteiger partial charge in [-0.05, 0) is 19.1 Å². The lowest BCUT2D eigenvalue weighted by Gasteiger charge is -2.07. The van der Waals surface area contributed by atoms with E-state index in [-0.39, 0.29) is 12.4 Å². The molecule has 2 heterocycles. The number of rotatable bonds is 5. The van der Waals surface area contributed by atoms with Crippen LogP contribution in [0.3, 0.4) is 0 Å². The molecule has 0 amide bonds. The number of aromatic nitrogens is 4. The van der Waals surface area contributed by atoms with E-state index in [1.807, 2.05) is 20.0 Å². The third-order valence-corrected chi connectivity index (χ3v) is 2.65. The molecule has 0 aliphatic heterocycles. The van der Waals surface area contributed by atoms with Gasteiger partial charge < -0.3 is 5.32 Å². The van der Waals surface area contributed by atoms with Crippen LogP contribution in [-0.4, -0.2) is 19.6 Å². The first-order valence-corrected chi connectivity index (χ1v) is 5.58. The van der Waals surface area contributed by atoms with Crippen LogP contribution in [-0.2, 0) is 20.1 Å². The summed E-state index contributed by atoms with van der Waals surface area (Å²) in [6, 6.07) is 3.53. The van der Waals surface area contributed by atoms with Crippen molar-refractivity contribution in [2.45, 2.75) is 26.6 Å². The van der Waals surface area contributed by atoms with Crippen molar-refractivity contribution in [2.75, 3.05) is 0 Å². The predicted octanol–water partition coefficient (Wildman–Crippen LogP) is 2.03. The van der Waals surface area contributed by atoms with Crippen LogP contribution in [0.15, 0.2) is 18.3 Å². The SMILES string of the molecule is Cc1cc(CNCc2ccnn2C(F)F)n(C)n1.Cl. The molecule has 0 saturated heterocycles. The van der Waals surface area contributed by atoms with Crippen LogP contribution in [0, 0.1) is 6.92 Å². The minimum Gasteiger partial charge on any atom is -0.306 e. The van der Waals surface area contributed by atoms with Gasteiger partial charge in [0.2, 0.25) is 0 Å². The van der Waals surface area contributed by atoms with Crippen molar-refractivity contribution >= 4 is 12.4 Å². The Balaban J connectivity index is 0.00000180. The summed E-state index contributed by atoms with van der Waals surface area (Å²) in [6.07, 6.45) is 1.37. The quantitative estimate of drug-likeness (QED) is 0.917. The first-order chi connectivity index (χ1) is 8.58. The summed E-state index contributed by atoms with van der Waals surface area (Å²) in [7, 11) is 1.85. The van der Waals surface area contributed by atoms with E-state index in [0.717, 1.165) is 11.4 Å². The molecule has 0 bridgehead atoms. The van der Waals surface area contributed by atoms with Crippen LogP contribution in [0.2, 0.25) is 0 Å². The molecule has 0 aliphatic carbocycles. The van der Waals surface area contributed by atoms with E-state index < -0.39 is 6.55 Å². The van der Waals surface area contributed by atoms with Gasteiger partial charge in [0.25, 0.3) is 0 Å². The lowest BCUT2D eigenvalue weighted by atomic mass is 10.3. The van der Waals surface area contributed by atoms with Gasteiger partial charge in [-0.25, -0.2) is 4.68 Å². The van der Waals surface area contributed by atoms with Crippen LogP contribution < -0.4 is 5.32 Å². The number of halogens is 3. The van der Waals surface area contributed by atoms with Gasteiger partial charge in [0, 0.05) is 26.3 Å². The molecule has 1 N–H and O–H groups in total. The molecule has 19 heavy (non-hydrogen) atoms. The third-order valence-electron chi connectivity index (χ3n) is 2.65. The zero-order valence-corrected chi connectivity index (χ0v) is 11.5. The van der Waals surface area contributed by atoms with E-state index in [9.17, 15) is 8.78 Å². The highest BCUT2D eigenvalue weighted by atomic mass is 35.5. The molecule has 0 saturated carbocycles. The number of hydrogen-bond donors (Lipinski definition) is 1. The van der Waals surface area contributed by atoms with Crippen molar-refractivity contribution in [1.82, 2.24) is 24.9 Å². The number of nitrogens with zero attached hydrogens (tertiary/aromatic N) is 4. The van der Waals surface area contributed by atoms with Gasteiger partial charge in [0.05, 0.1) is 17.1 Å². The van der Waals surface area contributed by atoms with Gasteiger partial charge in [-0.1, -0.05) is 0 Å². The van der Waals surface area contributed by atoms with E-state index in [1.165, 1.54) is 6.20 Å². The topological polar surface area (TPSA) is 47.7 Å². The fourth-order valence-corrected chi connectivity index (χ4v) is 1.81. The number of nitrogens with one attached hydrogen (secondary N) is 1. The molecule has 0 spiro atoms. The largest absolute Gasteiger partial charge is 0.333 e. The number of aryl methyl sites for hydroxylation is 2. The molecule has 0 unspecified atom stereocenters. The van der Waals surface area contributed by atoms with Crippen LogP contribution in [0.5, 0.6) is 0 Å². The number of hydrogen-bond acceptors (Lipinski definition) is 3. The Labute approximate surface area is 116 Å². The van der Waals surface area contributed by atoms with Crippen LogP contribution in [0.4, 0.5) is 8.78 Å². The summed E-state index contributed by atoms with van der Waals surface area (Å²) in [5, 5.41) is 10.9. The molecular formula is C11H16ClF2N5. The summed E-state index contributed by atoms with van der Waals surface area (Å²) in [6.45, 7) is 0.228. The Hall–Kier alpha value is -1.47. The van der Waals surface area contributed by atoms with E-state index in [1.54, 1.807) is 10.7 Å². The van der Waals surface area contributed by atoms with E-state index in [0.29, 0.717) is 23.5 Å². The van der Waals surface area contributed by atoms with Crippen LogP contribution in [0.1, 0.15) is 23.6 Å². The van der Waals surface area contributed by atoms with Crippen molar-refractivity contribution in [3.05, 3.63) is 35.4 Å². The van der Waals surface area contributed by atoms with Crippen molar-refractivity contribution in [3.63, 3.8) is 0 Å². The maximum atomic E-state index is 12.5. The molecule has 0 radical (unpaired) electrons. The van der Waals surface area contributed by atoms with E-state index in [2.05, 4.69) is 15.5 Å². The monoisotopic (exact) mass is 291 g/mol. The summed E-state index contributed by atoms with van der Waals surface area (Å²) < 4.78 is 27.6. The highest BCUT2D eigenvalue weighted by molar-refractivity contribution is 5.85. The molecular weight excluding hydrogens is 276 g/mol. The molecule has 0 aromatic carbocycles. The predicted molar refractivity (Wildman–Crippen MR) is 69.2 cm³/mol. The molecule has 0 aliphatic rings. The summed E-state index contributed by atoms with van der Waals surface area (Å²) in [5.74, 6) is 0. The second kappa shape index (κ2) is 6.63. The van der Waals surface area contributed by atoms with Crippen molar-refractivity contribution < 1.29 is 8.78 Å². The summed E-state index contributed by atoms with van der Waals surface area (Å²) in [4.78, 5) is 0. The second-order valence-electron chi connectivity index (χ2n) is 4.05. The molecule has 0 atom stereocenters. The average Bonchev–Trinajstić information content (AvgIpc) is 2.86. The Kier molecular flexibility index (Phi) is 5.44. The highest BCUT2D eigenvalue weighted by Gasteiger charge is 2.11.